The summed E-state index contributed by atoms with van der Waals surface area (Å²) in [5.41, 5.74) is 4.85. The van der Waals surface area contributed by atoms with Crippen molar-refractivity contribution in [2.45, 2.75) is 27.4 Å². The molecule has 0 spiro atoms. The molecule has 0 fully saturated rings. The fraction of sp³-hybridized carbons (Fsp3) is 0.235. The van der Waals surface area contributed by atoms with Gasteiger partial charge in [-0.05, 0) is 38.0 Å². The Balaban J connectivity index is 2.05. The van der Waals surface area contributed by atoms with Gasteiger partial charge < -0.3 is 4.74 Å². The van der Waals surface area contributed by atoms with E-state index in [1.165, 1.54) is 5.56 Å². The molecule has 0 bridgehead atoms. The molecule has 0 aromatic heterocycles. The topological polar surface area (TPSA) is 26.3 Å². The van der Waals surface area contributed by atoms with Crippen LogP contribution in [0.25, 0.3) is 0 Å². The van der Waals surface area contributed by atoms with Crippen LogP contribution in [0.1, 0.15) is 32.6 Å². The molecule has 2 aromatic rings. The molecule has 2 rings (SSSR count). The van der Waals surface area contributed by atoms with Crippen LogP contribution < -0.4 is 0 Å². The maximum absolute atomic E-state index is 12.0. The third-order valence-electron chi connectivity index (χ3n) is 3.10. The average Bonchev–Trinajstić information content (AvgIpc) is 2.40. The zero-order chi connectivity index (χ0) is 13.8. The smallest absolute Gasteiger partial charge is 0.338 e. The van der Waals surface area contributed by atoms with Gasteiger partial charge in [0.15, 0.2) is 0 Å². The zero-order valence-electron chi connectivity index (χ0n) is 11.6. The van der Waals surface area contributed by atoms with Crippen molar-refractivity contribution >= 4 is 5.97 Å². The predicted octanol–water partition coefficient (Wildman–Crippen LogP) is 3.97. The number of carbonyl (C=O) groups is 1. The lowest BCUT2D eigenvalue weighted by Gasteiger charge is -2.08. The molecular formula is C17H18O2. The third kappa shape index (κ3) is 3.44. The van der Waals surface area contributed by atoms with Crippen molar-refractivity contribution in [3.05, 3.63) is 70.3 Å². The second kappa shape index (κ2) is 5.70. The molecule has 0 saturated heterocycles. The van der Waals surface area contributed by atoms with Crippen LogP contribution in [-0.4, -0.2) is 5.97 Å². The molecule has 0 radical (unpaired) electrons. The van der Waals surface area contributed by atoms with Crippen molar-refractivity contribution in [2.24, 2.45) is 0 Å². The Morgan fingerprint density at radius 2 is 1.58 bits per heavy atom. The molecule has 2 nitrogen and oxygen atoms in total. The minimum atomic E-state index is -0.262. The van der Waals surface area contributed by atoms with E-state index < -0.39 is 0 Å². The fourth-order valence-electron chi connectivity index (χ4n) is 1.87. The molecule has 0 amide bonds. The van der Waals surface area contributed by atoms with Gasteiger partial charge in [0.2, 0.25) is 0 Å². The maximum atomic E-state index is 12.0. The van der Waals surface area contributed by atoms with Gasteiger partial charge in [-0.1, -0.05) is 47.5 Å². The first-order valence-electron chi connectivity index (χ1n) is 6.36. The first-order valence-corrected chi connectivity index (χ1v) is 6.36. The monoisotopic (exact) mass is 254 g/mol. The van der Waals surface area contributed by atoms with Gasteiger partial charge in [0.05, 0.1) is 5.56 Å². The van der Waals surface area contributed by atoms with Crippen LogP contribution in [-0.2, 0) is 11.3 Å². The Morgan fingerprint density at radius 1 is 0.947 bits per heavy atom. The Kier molecular flexibility index (Phi) is 4.00. The van der Waals surface area contributed by atoms with Crippen molar-refractivity contribution in [2.75, 3.05) is 0 Å². The summed E-state index contributed by atoms with van der Waals surface area (Å²) >= 11 is 0. The molecule has 0 heterocycles. The van der Waals surface area contributed by atoms with E-state index in [-0.39, 0.29) is 5.97 Å². The van der Waals surface area contributed by atoms with Gasteiger partial charge in [0.25, 0.3) is 0 Å². The molecule has 0 N–H and O–H groups in total. The Hall–Kier alpha value is -2.09. The van der Waals surface area contributed by atoms with Crippen molar-refractivity contribution in [3.8, 4) is 0 Å². The number of esters is 1. The van der Waals surface area contributed by atoms with Gasteiger partial charge >= 0.3 is 5.97 Å². The first kappa shape index (κ1) is 13.3. The lowest BCUT2D eigenvalue weighted by molar-refractivity contribution is 0.0472. The van der Waals surface area contributed by atoms with Crippen molar-refractivity contribution in [3.63, 3.8) is 0 Å². The van der Waals surface area contributed by atoms with Crippen LogP contribution in [0.3, 0.4) is 0 Å². The minimum Gasteiger partial charge on any atom is -0.457 e. The van der Waals surface area contributed by atoms with Gasteiger partial charge in [0.1, 0.15) is 6.61 Å². The first-order chi connectivity index (χ1) is 9.06. The molecule has 0 aliphatic carbocycles. The summed E-state index contributed by atoms with van der Waals surface area (Å²) in [5, 5.41) is 0. The van der Waals surface area contributed by atoms with Crippen molar-refractivity contribution in [1.82, 2.24) is 0 Å². The van der Waals surface area contributed by atoms with E-state index >= 15 is 0 Å². The summed E-state index contributed by atoms with van der Waals surface area (Å²) in [4.78, 5) is 12.0. The van der Waals surface area contributed by atoms with E-state index in [0.717, 1.165) is 16.7 Å². The Labute approximate surface area is 114 Å². The quantitative estimate of drug-likeness (QED) is 0.775. The van der Waals surface area contributed by atoms with Gasteiger partial charge in [0, 0.05) is 0 Å². The van der Waals surface area contributed by atoms with E-state index in [1.54, 1.807) is 0 Å². The molecule has 2 heteroatoms. The number of ether oxygens (including phenoxy) is 1. The van der Waals surface area contributed by atoms with Gasteiger partial charge in [-0.3, -0.25) is 0 Å². The largest absolute Gasteiger partial charge is 0.457 e. The highest BCUT2D eigenvalue weighted by molar-refractivity contribution is 5.91. The summed E-state index contributed by atoms with van der Waals surface area (Å²) in [5.74, 6) is -0.262. The molecule has 0 aliphatic rings. The van der Waals surface area contributed by atoms with Crippen LogP contribution in [0.2, 0.25) is 0 Å². The Bertz CT molecular complexity index is 583. The second-order valence-corrected chi connectivity index (χ2v) is 4.88. The normalized spacial score (nSPS) is 10.3. The standard InChI is InChI=1S/C17H18O2/c1-12-5-8-15(9-6-12)11-19-17(18)16-10-13(2)4-7-14(16)3/h4-10H,11H2,1-3H3. The summed E-state index contributed by atoms with van der Waals surface area (Å²) in [6.07, 6.45) is 0. The maximum Gasteiger partial charge on any atom is 0.338 e. The Morgan fingerprint density at radius 3 is 2.26 bits per heavy atom. The zero-order valence-corrected chi connectivity index (χ0v) is 11.6. The van der Waals surface area contributed by atoms with E-state index in [0.29, 0.717) is 12.2 Å². The molecule has 0 aliphatic heterocycles. The highest BCUT2D eigenvalue weighted by Gasteiger charge is 2.10. The SMILES string of the molecule is Cc1ccc(COC(=O)c2cc(C)ccc2C)cc1. The van der Waals surface area contributed by atoms with E-state index in [1.807, 2.05) is 63.2 Å². The summed E-state index contributed by atoms with van der Waals surface area (Å²) in [6, 6.07) is 13.8. The molecule has 0 unspecified atom stereocenters. The number of hydrogen-bond acceptors (Lipinski definition) is 2. The van der Waals surface area contributed by atoms with Gasteiger partial charge in [-0.15, -0.1) is 0 Å². The average molecular weight is 254 g/mol. The van der Waals surface area contributed by atoms with Crippen LogP contribution in [0.5, 0.6) is 0 Å². The van der Waals surface area contributed by atoms with E-state index in [4.69, 9.17) is 4.74 Å². The number of hydrogen-bond donors (Lipinski definition) is 0. The summed E-state index contributed by atoms with van der Waals surface area (Å²) in [6.45, 7) is 6.23. The highest BCUT2D eigenvalue weighted by Crippen LogP contribution is 2.13. The lowest BCUT2D eigenvalue weighted by Crippen LogP contribution is -2.07. The van der Waals surface area contributed by atoms with Crippen LogP contribution in [0.4, 0.5) is 0 Å². The van der Waals surface area contributed by atoms with Crippen LogP contribution >= 0.6 is 0 Å². The third-order valence-corrected chi connectivity index (χ3v) is 3.10. The number of carbonyl (C=O) groups excluding carboxylic acids is 1. The van der Waals surface area contributed by atoms with E-state index in [2.05, 4.69) is 0 Å². The molecule has 19 heavy (non-hydrogen) atoms. The molecular weight excluding hydrogens is 236 g/mol. The van der Waals surface area contributed by atoms with E-state index in [9.17, 15) is 4.79 Å². The van der Waals surface area contributed by atoms with Gasteiger partial charge in [-0.2, -0.15) is 0 Å². The fourth-order valence-corrected chi connectivity index (χ4v) is 1.87. The number of rotatable bonds is 3. The highest BCUT2D eigenvalue weighted by atomic mass is 16.5. The predicted molar refractivity (Wildman–Crippen MR) is 76.2 cm³/mol. The van der Waals surface area contributed by atoms with Crippen LogP contribution in [0.15, 0.2) is 42.5 Å². The second-order valence-electron chi connectivity index (χ2n) is 4.88. The van der Waals surface area contributed by atoms with Gasteiger partial charge in [-0.25, -0.2) is 4.79 Å². The molecule has 0 saturated carbocycles. The number of aryl methyl sites for hydroxylation is 3. The molecule has 2 aromatic carbocycles. The summed E-state index contributed by atoms with van der Waals surface area (Å²) < 4.78 is 5.35. The lowest BCUT2D eigenvalue weighted by atomic mass is 10.1. The minimum absolute atomic E-state index is 0.262. The molecule has 0 atom stereocenters. The van der Waals surface area contributed by atoms with Crippen molar-refractivity contribution < 1.29 is 9.53 Å². The van der Waals surface area contributed by atoms with Crippen molar-refractivity contribution in [1.29, 1.82) is 0 Å². The number of benzene rings is 2. The van der Waals surface area contributed by atoms with Crippen LogP contribution in [0, 0.1) is 20.8 Å². The molecule has 98 valence electrons. The summed E-state index contributed by atoms with van der Waals surface area (Å²) in [7, 11) is 0.